The lowest BCUT2D eigenvalue weighted by Crippen LogP contribution is -2.12. The molecule has 1 rings (SSSR count). The minimum absolute atomic E-state index is 0.120. The zero-order valence-corrected chi connectivity index (χ0v) is 11.0. The van der Waals surface area contributed by atoms with Crippen LogP contribution in [0.5, 0.6) is 0 Å². The average Bonchev–Trinajstić information content (AvgIpc) is 2.44. The van der Waals surface area contributed by atoms with Gasteiger partial charge in [0.2, 0.25) is 15.8 Å². The fourth-order valence-electron chi connectivity index (χ4n) is 0.919. The number of hydrogen-bond donors (Lipinski definition) is 1. The number of sulfonamides is 1. The molecular weight excluding hydrogens is 302 g/mol. The molecule has 0 aliphatic carbocycles. The van der Waals surface area contributed by atoms with Crippen LogP contribution in [0.2, 0.25) is 0 Å². The summed E-state index contributed by atoms with van der Waals surface area (Å²) in [4.78, 5) is 11.1. The van der Waals surface area contributed by atoms with Crippen LogP contribution >= 0.6 is 15.9 Å². The molecule has 0 fully saturated rings. The maximum Gasteiger partial charge on any atom is 0.374 e. The Labute approximate surface area is 101 Å². The first-order valence-electron chi connectivity index (χ1n) is 4.25. The second-order valence-corrected chi connectivity index (χ2v) is 5.50. The van der Waals surface area contributed by atoms with Gasteiger partial charge in [0.15, 0.2) is 4.67 Å². The molecular formula is C8H10BrNO5S. The van der Waals surface area contributed by atoms with Crippen LogP contribution in [-0.2, 0) is 14.8 Å². The van der Waals surface area contributed by atoms with Gasteiger partial charge in [-0.05, 0) is 29.8 Å². The van der Waals surface area contributed by atoms with Crippen LogP contribution in [0.4, 0.5) is 0 Å². The minimum Gasteiger partial charge on any atom is -0.457 e. The maximum absolute atomic E-state index is 11.4. The van der Waals surface area contributed by atoms with Crippen molar-refractivity contribution in [1.29, 1.82) is 0 Å². The van der Waals surface area contributed by atoms with Gasteiger partial charge in [0.05, 0.1) is 6.10 Å². The van der Waals surface area contributed by atoms with E-state index < -0.39 is 16.0 Å². The van der Waals surface area contributed by atoms with Crippen molar-refractivity contribution in [2.75, 3.05) is 0 Å². The van der Waals surface area contributed by atoms with Crippen LogP contribution < -0.4 is 5.14 Å². The van der Waals surface area contributed by atoms with Crippen molar-refractivity contribution < 1.29 is 22.4 Å². The van der Waals surface area contributed by atoms with Gasteiger partial charge in [-0.25, -0.2) is 18.4 Å². The first kappa shape index (κ1) is 13.2. The zero-order valence-electron chi connectivity index (χ0n) is 8.56. The molecule has 0 aliphatic rings. The van der Waals surface area contributed by atoms with Crippen molar-refractivity contribution in [3.05, 3.63) is 16.5 Å². The quantitative estimate of drug-likeness (QED) is 0.847. The van der Waals surface area contributed by atoms with Crippen molar-refractivity contribution in [2.45, 2.75) is 24.8 Å². The van der Waals surface area contributed by atoms with E-state index in [0.29, 0.717) is 0 Å². The highest BCUT2D eigenvalue weighted by Crippen LogP contribution is 2.25. The number of carbonyl (C=O) groups excluding carboxylic acids is 1. The number of primary sulfonamides is 1. The van der Waals surface area contributed by atoms with Gasteiger partial charge >= 0.3 is 5.97 Å². The van der Waals surface area contributed by atoms with Crippen LogP contribution in [0.1, 0.15) is 24.4 Å². The van der Waals surface area contributed by atoms with Crippen molar-refractivity contribution in [2.24, 2.45) is 5.14 Å². The number of halogens is 1. The number of hydrogen-bond acceptors (Lipinski definition) is 5. The highest BCUT2D eigenvalue weighted by molar-refractivity contribution is 9.10. The number of furan rings is 1. The van der Waals surface area contributed by atoms with Gasteiger partial charge < -0.3 is 9.15 Å². The Morgan fingerprint density at radius 3 is 2.50 bits per heavy atom. The molecule has 0 unspecified atom stereocenters. The molecule has 0 aliphatic heterocycles. The van der Waals surface area contributed by atoms with Gasteiger partial charge in [-0.2, -0.15) is 0 Å². The summed E-state index contributed by atoms with van der Waals surface area (Å²) >= 11 is 2.85. The lowest BCUT2D eigenvalue weighted by molar-refractivity contribution is 0.0340. The van der Waals surface area contributed by atoms with Crippen LogP contribution in [-0.4, -0.2) is 20.5 Å². The van der Waals surface area contributed by atoms with Crippen LogP contribution in [0.25, 0.3) is 0 Å². The van der Waals surface area contributed by atoms with Gasteiger partial charge in [-0.3, -0.25) is 0 Å². The second-order valence-electron chi connectivity index (χ2n) is 3.25. The molecule has 8 heteroatoms. The Hall–Kier alpha value is -0.860. The summed E-state index contributed by atoms with van der Waals surface area (Å²) in [6.07, 6.45) is -0.325. The van der Waals surface area contributed by atoms with Crippen molar-refractivity contribution in [3.63, 3.8) is 0 Å². The third kappa shape index (κ3) is 3.06. The highest BCUT2D eigenvalue weighted by Gasteiger charge is 2.23. The van der Waals surface area contributed by atoms with E-state index in [1.54, 1.807) is 13.8 Å². The number of ether oxygens (including phenoxy) is 1. The smallest absolute Gasteiger partial charge is 0.374 e. The molecule has 0 saturated carbocycles. The van der Waals surface area contributed by atoms with E-state index in [2.05, 4.69) is 15.9 Å². The SMILES string of the molecule is CC(C)OC(=O)c1cc(S(N)(=O)=O)c(Br)o1. The van der Waals surface area contributed by atoms with E-state index in [0.717, 1.165) is 6.07 Å². The summed E-state index contributed by atoms with van der Waals surface area (Å²) in [6.45, 7) is 3.33. The monoisotopic (exact) mass is 311 g/mol. The standard InChI is InChI=1S/C8H10BrNO5S/c1-4(2)14-8(11)5-3-6(7(9)15-5)16(10,12)13/h3-4H,1-2H3,(H2,10,12,13). The fraction of sp³-hybridized carbons (Fsp3) is 0.375. The lowest BCUT2D eigenvalue weighted by Gasteiger charge is -2.04. The predicted octanol–water partition coefficient (Wildman–Crippen LogP) is 1.25. The normalized spacial score (nSPS) is 11.8. The highest BCUT2D eigenvalue weighted by atomic mass is 79.9. The molecule has 0 atom stereocenters. The van der Waals surface area contributed by atoms with E-state index in [9.17, 15) is 13.2 Å². The molecule has 6 nitrogen and oxygen atoms in total. The maximum atomic E-state index is 11.4. The molecule has 1 heterocycles. The van der Waals surface area contributed by atoms with Gasteiger partial charge in [0.1, 0.15) is 4.90 Å². The molecule has 90 valence electrons. The number of rotatable bonds is 3. The van der Waals surface area contributed by atoms with Crippen molar-refractivity contribution in [1.82, 2.24) is 0 Å². The Morgan fingerprint density at radius 2 is 2.12 bits per heavy atom. The predicted molar refractivity (Wildman–Crippen MR) is 58.3 cm³/mol. The van der Waals surface area contributed by atoms with Gasteiger partial charge in [0, 0.05) is 6.07 Å². The van der Waals surface area contributed by atoms with E-state index in [1.165, 1.54) is 0 Å². The largest absolute Gasteiger partial charge is 0.457 e. The first-order chi connectivity index (χ1) is 7.21. The Kier molecular flexibility index (Phi) is 3.76. The second kappa shape index (κ2) is 4.56. The zero-order chi connectivity index (χ0) is 12.5. The summed E-state index contributed by atoms with van der Waals surface area (Å²) < 4.78 is 31.7. The summed E-state index contributed by atoms with van der Waals surface area (Å²) in [7, 11) is -3.92. The summed E-state index contributed by atoms with van der Waals surface area (Å²) in [5.41, 5.74) is 0. The number of nitrogens with two attached hydrogens (primary N) is 1. The average molecular weight is 312 g/mol. The molecule has 0 amide bonds. The number of esters is 1. The van der Waals surface area contributed by atoms with Crippen molar-refractivity contribution in [3.8, 4) is 0 Å². The molecule has 1 aromatic heterocycles. The van der Waals surface area contributed by atoms with E-state index in [4.69, 9.17) is 14.3 Å². The first-order valence-corrected chi connectivity index (χ1v) is 6.59. The molecule has 1 aromatic rings. The van der Waals surface area contributed by atoms with E-state index in [-0.39, 0.29) is 21.4 Å². The molecule has 0 spiro atoms. The molecule has 0 radical (unpaired) electrons. The Bertz CT molecular complexity index is 504. The summed E-state index contributed by atoms with van der Waals surface area (Å²) in [5, 5.41) is 4.90. The van der Waals surface area contributed by atoms with Crippen LogP contribution in [0, 0.1) is 0 Å². The summed E-state index contributed by atoms with van der Waals surface area (Å²) in [5.74, 6) is -0.963. The molecule has 16 heavy (non-hydrogen) atoms. The van der Waals surface area contributed by atoms with Gasteiger partial charge in [0.25, 0.3) is 0 Å². The Morgan fingerprint density at radius 1 is 1.56 bits per heavy atom. The molecule has 0 saturated heterocycles. The number of carbonyl (C=O) groups is 1. The molecule has 2 N–H and O–H groups in total. The van der Waals surface area contributed by atoms with Crippen LogP contribution in [0.3, 0.4) is 0 Å². The third-order valence-corrected chi connectivity index (χ3v) is 3.27. The third-order valence-electron chi connectivity index (χ3n) is 1.51. The van der Waals surface area contributed by atoms with E-state index >= 15 is 0 Å². The molecule has 0 aromatic carbocycles. The molecule has 0 bridgehead atoms. The van der Waals surface area contributed by atoms with Crippen molar-refractivity contribution >= 4 is 31.9 Å². The fourth-order valence-corrected chi connectivity index (χ4v) is 2.42. The van der Waals surface area contributed by atoms with Gasteiger partial charge in [-0.15, -0.1) is 0 Å². The minimum atomic E-state index is -3.92. The van der Waals surface area contributed by atoms with E-state index in [1.807, 2.05) is 0 Å². The lowest BCUT2D eigenvalue weighted by atomic mass is 10.4. The topological polar surface area (TPSA) is 99.6 Å². The Balaban J connectivity index is 3.07. The summed E-state index contributed by atoms with van der Waals surface area (Å²) in [6, 6.07) is 1.02. The van der Waals surface area contributed by atoms with Gasteiger partial charge in [-0.1, -0.05) is 0 Å². The van der Waals surface area contributed by atoms with Crippen LogP contribution in [0.15, 0.2) is 20.0 Å².